The minimum Gasteiger partial charge on any atom is -0.392 e. The van der Waals surface area contributed by atoms with Crippen molar-refractivity contribution in [3.8, 4) is 0 Å². The predicted octanol–water partition coefficient (Wildman–Crippen LogP) is 0.732. The molecule has 1 rings (SSSR count). The zero-order valence-electron chi connectivity index (χ0n) is 9.96. The first-order valence-corrected chi connectivity index (χ1v) is 7.34. The van der Waals surface area contributed by atoms with Gasteiger partial charge in [0, 0.05) is 6.54 Å². The van der Waals surface area contributed by atoms with Crippen molar-refractivity contribution in [1.29, 1.82) is 0 Å². The Bertz CT molecular complexity index is 439. The minimum absolute atomic E-state index is 0.109. The van der Waals surface area contributed by atoms with Crippen LogP contribution in [-0.2, 0) is 16.3 Å². The van der Waals surface area contributed by atoms with Crippen LogP contribution in [0.1, 0.15) is 18.9 Å². The molecular formula is C12H19NO3S. The zero-order valence-corrected chi connectivity index (χ0v) is 10.8. The average Bonchev–Trinajstić information content (AvgIpc) is 2.36. The van der Waals surface area contributed by atoms with E-state index in [1.54, 1.807) is 31.2 Å². The number of hydrogen-bond acceptors (Lipinski definition) is 4. The number of rotatable bonds is 6. The molecule has 0 saturated heterocycles. The molecule has 3 N–H and O–H groups in total. The Morgan fingerprint density at radius 3 is 2.35 bits per heavy atom. The molecule has 1 unspecified atom stereocenters. The quantitative estimate of drug-likeness (QED) is 0.787. The Balaban J connectivity index is 2.69. The van der Waals surface area contributed by atoms with Gasteiger partial charge in [-0.05, 0) is 30.5 Å². The van der Waals surface area contributed by atoms with Crippen LogP contribution in [0.4, 0.5) is 0 Å². The molecule has 0 aliphatic carbocycles. The molecule has 0 radical (unpaired) electrons. The summed E-state index contributed by atoms with van der Waals surface area (Å²) < 4.78 is 23.1. The highest BCUT2D eigenvalue weighted by Gasteiger charge is 2.10. The second kappa shape index (κ2) is 6.14. The molecule has 0 heterocycles. The fourth-order valence-corrected chi connectivity index (χ4v) is 2.37. The molecule has 0 aliphatic heterocycles. The second-order valence-electron chi connectivity index (χ2n) is 3.98. The van der Waals surface area contributed by atoms with Gasteiger partial charge in [0.15, 0.2) is 9.84 Å². The number of hydrogen-bond donors (Lipinski definition) is 2. The number of nitrogens with two attached hydrogens (primary N) is 1. The summed E-state index contributed by atoms with van der Waals surface area (Å²) in [4.78, 5) is 0.350. The van der Waals surface area contributed by atoms with Gasteiger partial charge >= 0.3 is 0 Å². The van der Waals surface area contributed by atoms with Crippen molar-refractivity contribution < 1.29 is 13.5 Å². The Morgan fingerprint density at radius 1 is 1.29 bits per heavy atom. The second-order valence-corrected chi connectivity index (χ2v) is 6.25. The summed E-state index contributed by atoms with van der Waals surface area (Å²) in [6, 6.07) is 6.80. The lowest BCUT2D eigenvalue weighted by molar-refractivity contribution is 0.173. The molecule has 0 spiro atoms. The van der Waals surface area contributed by atoms with Gasteiger partial charge in [0.2, 0.25) is 0 Å². The van der Waals surface area contributed by atoms with E-state index in [1.165, 1.54) is 0 Å². The Kier molecular flexibility index (Phi) is 5.11. The van der Waals surface area contributed by atoms with Gasteiger partial charge in [0.25, 0.3) is 0 Å². The monoisotopic (exact) mass is 257 g/mol. The van der Waals surface area contributed by atoms with Crippen molar-refractivity contribution >= 4 is 9.84 Å². The third-order valence-electron chi connectivity index (χ3n) is 2.70. The van der Waals surface area contributed by atoms with Gasteiger partial charge < -0.3 is 10.8 Å². The van der Waals surface area contributed by atoms with E-state index in [9.17, 15) is 13.5 Å². The van der Waals surface area contributed by atoms with E-state index >= 15 is 0 Å². The van der Waals surface area contributed by atoms with Crippen LogP contribution in [0.15, 0.2) is 29.2 Å². The van der Waals surface area contributed by atoms with E-state index in [0.717, 1.165) is 5.56 Å². The molecule has 96 valence electrons. The third-order valence-corrected chi connectivity index (χ3v) is 4.45. The van der Waals surface area contributed by atoms with Crippen LogP contribution < -0.4 is 5.73 Å². The van der Waals surface area contributed by atoms with E-state index in [0.29, 0.717) is 17.7 Å². The maximum absolute atomic E-state index is 11.6. The van der Waals surface area contributed by atoms with E-state index in [-0.39, 0.29) is 12.3 Å². The predicted molar refractivity (Wildman–Crippen MR) is 67.6 cm³/mol. The fourth-order valence-electron chi connectivity index (χ4n) is 1.48. The van der Waals surface area contributed by atoms with Crippen LogP contribution in [-0.4, -0.2) is 31.9 Å². The van der Waals surface area contributed by atoms with Crippen LogP contribution in [0.2, 0.25) is 0 Å². The molecule has 0 aliphatic rings. The Morgan fingerprint density at radius 2 is 1.88 bits per heavy atom. The van der Waals surface area contributed by atoms with Crippen molar-refractivity contribution in [3.63, 3.8) is 0 Å². The van der Waals surface area contributed by atoms with Gasteiger partial charge in [-0.2, -0.15) is 0 Å². The van der Waals surface area contributed by atoms with Crippen LogP contribution in [0.3, 0.4) is 0 Å². The molecule has 0 amide bonds. The summed E-state index contributed by atoms with van der Waals surface area (Å²) in [5, 5.41) is 9.32. The van der Waals surface area contributed by atoms with Gasteiger partial charge in [-0.1, -0.05) is 19.1 Å². The number of aliphatic hydroxyl groups is 1. The third kappa shape index (κ3) is 4.11. The van der Waals surface area contributed by atoms with Crippen molar-refractivity contribution in [1.82, 2.24) is 0 Å². The van der Waals surface area contributed by atoms with E-state index in [2.05, 4.69) is 0 Å². The number of aryl methyl sites for hydroxylation is 1. The fraction of sp³-hybridized carbons (Fsp3) is 0.500. The Hall–Kier alpha value is -0.910. The molecule has 4 nitrogen and oxygen atoms in total. The van der Waals surface area contributed by atoms with E-state index < -0.39 is 15.9 Å². The molecule has 0 fully saturated rings. The first-order chi connectivity index (χ1) is 7.99. The van der Waals surface area contributed by atoms with E-state index in [1.807, 2.05) is 0 Å². The molecule has 0 bridgehead atoms. The summed E-state index contributed by atoms with van der Waals surface area (Å²) >= 11 is 0. The van der Waals surface area contributed by atoms with Crippen molar-refractivity contribution in [2.75, 3.05) is 12.3 Å². The number of sulfone groups is 1. The topological polar surface area (TPSA) is 80.4 Å². The van der Waals surface area contributed by atoms with Gasteiger partial charge in [0.05, 0.1) is 16.8 Å². The average molecular weight is 257 g/mol. The summed E-state index contributed by atoms with van der Waals surface area (Å²) in [7, 11) is -3.12. The summed E-state index contributed by atoms with van der Waals surface area (Å²) in [6.07, 6.45) is 0.801. The lowest BCUT2D eigenvalue weighted by Gasteiger charge is -2.08. The first kappa shape index (κ1) is 14.2. The smallest absolute Gasteiger partial charge is 0.178 e. The molecule has 1 atom stereocenters. The minimum atomic E-state index is -3.12. The first-order valence-electron chi connectivity index (χ1n) is 5.69. The standard InChI is InChI=1S/C12H19NO3S/c1-2-17(15,16)12-7-4-10(5-8-12)3-6-11(14)9-13/h4-5,7-8,11,14H,2-3,6,9,13H2,1H3. The maximum atomic E-state index is 11.6. The van der Waals surface area contributed by atoms with E-state index in [4.69, 9.17) is 5.73 Å². The highest BCUT2D eigenvalue weighted by molar-refractivity contribution is 7.91. The van der Waals surface area contributed by atoms with Gasteiger partial charge in [-0.25, -0.2) is 8.42 Å². The van der Waals surface area contributed by atoms with Crippen LogP contribution in [0.5, 0.6) is 0 Å². The highest BCUT2D eigenvalue weighted by atomic mass is 32.2. The zero-order chi connectivity index (χ0) is 12.9. The summed E-state index contributed by atoms with van der Waals surface area (Å²) in [6.45, 7) is 1.88. The molecule has 1 aromatic carbocycles. The van der Waals surface area contributed by atoms with Crippen LogP contribution in [0, 0.1) is 0 Å². The largest absolute Gasteiger partial charge is 0.392 e. The molecule has 1 aromatic rings. The maximum Gasteiger partial charge on any atom is 0.178 e. The van der Waals surface area contributed by atoms with Gasteiger partial charge in [-0.3, -0.25) is 0 Å². The molecule has 0 aromatic heterocycles. The highest BCUT2D eigenvalue weighted by Crippen LogP contribution is 2.13. The van der Waals surface area contributed by atoms with Crippen molar-refractivity contribution in [3.05, 3.63) is 29.8 Å². The molecule has 0 saturated carbocycles. The van der Waals surface area contributed by atoms with Crippen molar-refractivity contribution in [2.45, 2.75) is 30.8 Å². The molecular weight excluding hydrogens is 238 g/mol. The number of aliphatic hydroxyl groups excluding tert-OH is 1. The van der Waals surface area contributed by atoms with Gasteiger partial charge in [-0.15, -0.1) is 0 Å². The summed E-state index contributed by atoms with van der Waals surface area (Å²) in [5.41, 5.74) is 6.31. The van der Waals surface area contributed by atoms with Crippen LogP contribution in [0.25, 0.3) is 0 Å². The Labute approximate surface area is 102 Å². The lowest BCUT2D eigenvalue weighted by atomic mass is 10.1. The normalized spacial score (nSPS) is 13.6. The lowest BCUT2D eigenvalue weighted by Crippen LogP contribution is -2.20. The SMILES string of the molecule is CCS(=O)(=O)c1ccc(CCC(O)CN)cc1. The summed E-state index contributed by atoms with van der Waals surface area (Å²) in [5.74, 6) is 0.109. The van der Waals surface area contributed by atoms with Crippen LogP contribution >= 0.6 is 0 Å². The molecule has 5 heteroatoms. The molecule has 17 heavy (non-hydrogen) atoms. The van der Waals surface area contributed by atoms with Crippen molar-refractivity contribution in [2.24, 2.45) is 5.73 Å². The number of benzene rings is 1. The van der Waals surface area contributed by atoms with Gasteiger partial charge in [0.1, 0.15) is 0 Å².